The fraction of sp³-hybridized carbons (Fsp3) is 0.294. The number of piperazine rings is 1. The number of rotatable bonds is 3. The molecule has 7 heteroatoms. The number of aldehydes is 1. The van der Waals surface area contributed by atoms with Crippen LogP contribution in [-0.4, -0.2) is 42.5 Å². The largest absolute Gasteiger partial charge is 0.360 e. The zero-order chi connectivity index (χ0) is 17.1. The molecule has 126 valence electrons. The molecule has 1 fully saturated rings. The summed E-state index contributed by atoms with van der Waals surface area (Å²) in [5.74, 6) is 0. The topological polar surface area (TPSA) is 35.6 Å². The van der Waals surface area contributed by atoms with E-state index in [9.17, 15) is 4.79 Å². The van der Waals surface area contributed by atoms with Crippen LogP contribution in [0.2, 0.25) is 5.02 Å². The average molecular weight is 380 g/mol. The summed E-state index contributed by atoms with van der Waals surface area (Å²) in [6, 6.07) is 9.65. The molecule has 0 amide bonds. The normalized spacial score (nSPS) is 14.6. The number of nitrogens with one attached hydrogen (secondary N) is 1. The van der Waals surface area contributed by atoms with Crippen LogP contribution < -0.4 is 10.2 Å². The van der Waals surface area contributed by atoms with E-state index < -0.39 is 0 Å². The van der Waals surface area contributed by atoms with Gasteiger partial charge in [-0.15, -0.1) is 11.3 Å². The molecule has 1 saturated heterocycles. The Hall–Kier alpha value is -1.63. The van der Waals surface area contributed by atoms with Gasteiger partial charge in [-0.1, -0.05) is 17.7 Å². The first-order chi connectivity index (χ1) is 11.6. The highest BCUT2D eigenvalue weighted by atomic mass is 35.5. The molecule has 4 nitrogen and oxygen atoms in total. The molecule has 2 heterocycles. The smallest absolute Gasteiger partial charge is 0.173 e. The van der Waals surface area contributed by atoms with E-state index in [4.69, 9.17) is 23.8 Å². The minimum absolute atomic E-state index is 0.722. The molecule has 0 aliphatic carbocycles. The Morgan fingerprint density at radius 3 is 2.67 bits per heavy atom. The van der Waals surface area contributed by atoms with Gasteiger partial charge in [-0.3, -0.25) is 4.79 Å². The van der Waals surface area contributed by atoms with E-state index in [1.807, 2.05) is 37.3 Å². The summed E-state index contributed by atoms with van der Waals surface area (Å²) < 4.78 is 0. The molecule has 0 radical (unpaired) electrons. The van der Waals surface area contributed by atoms with E-state index in [0.717, 1.165) is 63.7 Å². The van der Waals surface area contributed by atoms with Gasteiger partial charge < -0.3 is 15.1 Å². The first-order valence-corrected chi connectivity index (χ1v) is 9.30. The second-order valence-electron chi connectivity index (χ2n) is 5.61. The summed E-state index contributed by atoms with van der Waals surface area (Å²) >= 11 is 13.2. The van der Waals surface area contributed by atoms with Crippen LogP contribution in [0.3, 0.4) is 0 Å². The lowest BCUT2D eigenvalue weighted by atomic mass is 10.2. The van der Waals surface area contributed by atoms with Crippen molar-refractivity contribution in [2.75, 3.05) is 36.4 Å². The standard InChI is InChI=1S/C17H18ClN3OS2/c1-12-14(18)3-2-4-15(12)19-17(23)21-9-7-20(8-10-21)16-6-5-13(11-22)24-16/h2-6,11H,7-10H2,1H3,(H,19,23). The third kappa shape index (κ3) is 3.71. The van der Waals surface area contributed by atoms with Crippen molar-refractivity contribution in [3.63, 3.8) is 0 Å². The molecule has 0 spiro atoms. The Labute approximate surface area is 156 Å². The molecule has 1 aliphatic rings. The van der Waals surface area contributed by atoms with Crippen LogP contribution in [-0.2, 0) is 0 Å². The number of carbonyl (C=O) groups is 1. The third-order valence-corrected chi connectivity index (χ3v) is 5.96. The molecule has 0 unspecified atom stereocenters. The van der Waals surface area contributed by atoms with Gasteiger partial charge in [0.2, 0.25) is 0 Å². The van der Waals surface area contributed by atoms with Crippen LogP contribution >= 0.6 is 35.2 Å². The van der Waals surface area contributed by atoms with Crippen molar-refractivity contribution < 1.29 is 4.79 Å². The summed E-state index contributed by atoms with van der Waals surface area (Å²) in [6.45, 7) is 5.44. The predicted molar refractivity (Wildman–Crippen MR) is 106 cm³/mol. The fourth-order valence-electron chi connectivity index (χ4n) is 2.64. The van der Waals surface area contributed by atoms with E-state index in [-0.39, 0.29) is 0 Å². The van der Waals surface area contributed by atoms with Gasteiger partial charge in [0, 0.05) is 36.9 Å². The lowest BCUT2D eigenvalue weighted by molar-refractivity contribution is 0.112. The van der Waals surface area contributed by atoms with Crippen LogP contribution in [0.15, 0.2) is 30.3 Å². The maximum absolute atomic E-state index is 10.8. The van der Waals surface area contributed by atoms with E-state index in [1.165, 1.54) is 11.3 Å². The number of carbonyl (C=O) groups excluding carboxylic acids is 1. The fourth-order valence-corrected chi connectivity index (χ4v) is 3.98. The van der Waals surface area contributed by atoms with Gasteiger partial charge in [-0.25, -0.2) is 0 Å². The highest BCUT2D eigenvalue weighted by Crippen LogP contribution is 2.26. The number of thiophene rings is 1. The molecule has 0 bridgehead atoms. The molecular weight excluding hydrogens is 362 g/mol. The number of halogens is 1. The molecule has 1 aromatic carbocycles. The monoisotopic (exact) mass is 379 g/mol. The Balaban J connectivity index is 1.59. The summed E-state index contributed by atoms with van der Waals surface area (Å²) in [5.41, 5.74) is 1.95. The Morgan fingerprint density at radius 1 is 1.25 bits per heavy atom. The minimum Gasteiger partial charge on any atom is -0.360 e. The first kappa shape index (κ1) is 17.2. The first-order valence-electron chi connectivity index (χ1n) is 7.69. The second-order valence-corrected chi connectivity index (χ2v) is 7.50. The summed E-state index contributed by atoms with van der Waals surface area (Å²) in [7, 11) is 0. The Morgan fingerprint density at radius 2 is 2.00 bits per heavy atom. The van der Waals surface area contributed by atoms with E-state index in [1.54, 1.807) is 0 Å². The molecule has 1 N–H and O–H groups in total. The van der Waals surface area contributed by atoms with Crippen LogP contribution in [0, 0.1) is 6.92 Å². The van der Waals surface area contributed by atoms with Crippen molar-refractivity contribution in [1.82, 2.24) is 4.90 Å². The molecule has 0 atom stereocenters. The van der Waals surface area contributed by atoms with Gasteiger partial charge >= 0.3 is 0 Å². The van der Waals surface area contributed by atoms with Crippen LogP contribution in [0.5, 0.6) is 0 Å². The van der Waals surface area contributed by atoms with Gasteiger partial charge in [0.25, 0.3) is 0 Å². The third-order valence-electron chi connectivity index (χ3n) is 4.12. The SMILES string of the molecule is Cc1c(Cl)cccc1NC(=S)N1CCN(c2ccc(C=O)s2)CC1. The van der Waals surface area contributed by atoms with Crippen LogP contribution in [0.1, 0.15) is 15.2 Å². The quantitative estimate of drug-likeness (QED) is 0.643. The highest BCUT2D eigenvalue weighted by Gasteiger charge is 2.20. The van der Waals surface area contributed by atoms with E-state index in [2.05, 4.69) is 15.1 Å². The highest BCUT2D eigenvalue weighted by molar-refractivity contribution is 7.80. The second kappa shape index (κ2) is 7.51. The van der Waals surface area contributed by atoms with E-state index in [0.29, 0.717) is 0 Å². The lowest BCUT2D eigenvalue weighted by Gasteiger charge is -2.36. The molecule has 24 heavy (non-hydrogen) atoms. The molecule has 0 saturated carbocycles. The number of nitrogens with zero attached hydrogens (tertiary/aromatic N) is 2. The van der Waals surface area contributed by atoms with Gasteiger partial charge in [0.15, 0.2) is 11.4 Å². The summed E-state index contributed by atoms with van der Waals surface area (Å²) in [5, 5.41) is 5.89. The van der Waals surface area contributed by atoms with Gasteiger partial charge in [0.05, 0.1) is 9.88 Å². The van der Waals surface area contributed by atoms with Gasteiger partial charge in [-0.2, -0.15) is 0 Å². The van der Waals surface area contributed by atoms with Crippen molar-refractivity contribution in [2.24, 2.45) is 0 Å². The van der Waals surface area contributed by atoms with Crippen molar-refractivity contribution in [1.29, 1.82) is 0 Å². The van der Waals surface area contributed by atoms with Gasteiger partial charge in [-0.05, 0) is 49.0 Å². The van der Waals surface area contributed by atoms with Crippen LogP contribution in [0.25, 0.3) is 0 Å². The van der Waals surface area contributed by atoms with Crippen molar-refractivity contribution in [3.05, 3.63) is 45.8 Å². The average Bonchev–Trinajstić information content (AvgIpc) is 3.08. The lowest BCUT2D eigenvalue weighted by Crippen LogP contribution is -2.49. The molecular formula is C17H18ClN3OS2. The summed E-state index contributed by atoms with van der Waals surface area (Å²) in [6.07, 6.45) is 0.900. The van der Waals surface area contributed by atoms with Crippen molar-refractivity contribution >= 4 is 57.2 Å². The maximum atomic E-state index is 10.8. The number of hydrogen-bond donors (Lipinski definition) is 1. The molecule has 2 aromatic rings. The predicted octanol–water partition coefficient (Wildman–Crippen LogP) is 4.04. The molecule has 1 aromatic heterocycles. The zero-order valence-corrected chi connectivity index (χ0v) is 15.7. The summed E-state index contributed by atoms with van der Waals surface area (Å²) in [4.78, 5) is 16.0. The Kier molecular flexibility index (Phi) is 5.38. The maximum Gasteiger partial charge on any atom is 0.173 e. The molecule has 1 aliphatic heterocycles. The van der Waals surface area contributed by atoms with Crippen LogP contribution in [0.4, 0.5) is 10.7 Å². The number of anilines is 2. The van der Waals surface area contributed by atoms with Gasteiger partial charge in [0.1, 0.15) is 0 Å². The Bertz CT molecular complexity index is 754. The van der Waals surface area contributed by atoms with Crippen molar-refractivity contribution in [2.45, 2.75) is 6.92 Å². The van der Waals surface area contributed by atoms with Crippen molar-refractivity contribution in [3.8, 4) is 0 Å². The molecule has 3 rings (SSSR count). The van der Waals surface area contributed by atoms with E-state index >= 15 is 0 Å². The number of benzene rings is 1. The minimum atomic E-state index is 0.722. The number of hydrogen-bond acceptors (Lipinski definition) is 4. The number of thiocarbonyl (C=S) groups is 1. The zero-order valence-electron chi connectivity index (χ0n) is 13.3.